The lowest BCUT2D eigenvalue weighted by atomic mass is 10.1. The Morgan fingerprint density at radius 3 is 1.83 bits per heavy atom. The number of aliphatic hydroxyl groups is 1. The topological polar surface area (TPSA) is 128 Å². The Morgan fingerprint density at radius 1 is 0.806 bits per heavy atom. The zero-order chi connectivity index (χ0) is 26.7. The van der Waals surface area contributed by atoms with Crippen molar-refractivity contribution in [1.29, 1.82) is 0 Å². The minimum absolute atomic E-state index is 0.0750. The molecule has 0 heterocycles. The summed E-state index contributed by atoms with van der Waals surface area (Å²) in [5.41, 5.74) is 5.18. The third-order valence-electron chi connectivity index (χ3n) is 5.88. The van der Waals surface area contributed by atoms with Crippen LogP contribution in [-0.2, 0) is 23.1 Å². The molecule has 0 spiro atoms. The number of allylic oxidation sites excluding steroid dienone is 2. The van der Waals surface area contributed by atoms with Crippen LogP contribution in [0.5, 0.6) is 0 Å². The maximum absolute atomic E-state index is 11.8. The van der Waals surface area contributed by atoms with Gasteiger partial charge in [0.25, 0.3) is 0 Å². The summed E-state index contributed by atoms with van der Waals surface area (Å²) in [6.07, 6.45) is 24.9. The van der Waals surface area contributed by atoms with Crippen LogP contribution in [0.4, 0.5) is 0 Å². The molecule has 0 amide bonds. The first-order valence-corrected chi connectivity index (χ1v) is 15.7. The highest BCUT2D eigenvalue weighted by molar-refractivity contribution is 7.47. The Balaban J connectivity index is 3.40. The van der Waals surface area contributed by atoms with Crippen LogP contribution in [0.3, 0.4) is 0 Å². The Bertz CT molecular complexity index is 574. The smallest absolute Gasteiger partial charge is 0.463 e. The Kier molecular flexibility index (Phi) is 25.3. The molecule has 0 aromatic heterocycles. The molecule has 214 valence electrons. The number of ether oxygens (including phenoxy) is 1. The molecule has 0 saturated carbocycles. The van der Waals surface area contributed by atoms with Gasteiger partial charge >= 0.3 is 13.8 Å². The number of phosphoric ester groups is 1. The van der Waals surface area contributed by atoms with E-state index in [0.29, 0.717) is 6.42 Å². The maximum atomic E-state index is 11.8. The molecule has 4 N–H and O–H groups in total. The molecular formula is C27H54NO7P. The summed E-state index contributed by atoms with van der Waals surface area (Å²) < 4.78 is 25.6. The lowest BCUT2D eigenvalue weighted by Gasteiger charge is -2.15. The molecule has 0 rings (SSSR count). The largest absolute Gasteiger partial charge is 0.472 e. The van der Waals surface area contributed by atoms with Crippen molar-refractivity contribution in [3.63, 3.8) is 0 Å². The number of aliphatic hydroxyl groups excluding tert-OH is 1. The van der Waals surface area contributed by atoms with E-state index in [2.05, 4.69) is 28.1 Å². The zero-order valence-electron chi connectivity index (χ0n) is 22.7. The Morgan fingerprint density at radius 2 is 1.31 bits per heavy atom. The van der Waals surface area contributed by atoms with Crippen LogP contribution in [0.25, 0.3) is 0 Å². The molecule has 36 heavy (non-hydrogen) atoms. The van der Waals surface area contributed by atoms with Gasteiger partial charge in [0.05, 0.1) is 13.2 Å². The number of phosphoric acid groups is 1. The SMILES string of the molecule is CCCCCCCC/C=C/CCCCCCCCCCCC(=O)OC[C@@H](O)COP(=O)(O)OCCN. The summed E-state index contributed by atoms with van der Waals surface area (Å²) in [6.45, 7) is 1.45. The normalized spacial score (nSPS) is 14.2. The van der Waals surface area contributed by atoms with E-state index in [1.165, 1.54) is 89.9 Å². The fourth-order valence-electron chi connectivity index (χ4n) is 3.74. The fourth-order valence-corrected chi connectivity index (χ4v) is 4.51. The highest BCUT2D eigenvalue weighted by Gasteiger charge is 2.22. The van der Waals surface area contributed by atoms with E-state index in [9.17, 15) is 19.4 Å². The van der Waals surface area contributed by atoms with Crippen LogP contribution < -0.4 is 5.73 Å². The molecule has 1 unspecified atom stereocenters. The molecule has 8 nitrogen and oxygen atoms in total. The third-order valence-corrected chi connectivity index (χ3v) is 6.87. The predicted molar refractivity (Wildman–Crippen MR) is 146 cm³/mol. The van der Waals surface area contributed by atoms with Crippen LogP contribution in [0.15, 0.2) is 12.2 Å². The van der Waals surface area contributed by atoms with Crippen LogP contribution in [-0.4, -0.2) is 48.4 Å². The van der Waals surface area contributed by atoms with E-state index in [0.717, 1.165) is 19.3 Å². The minimum Gasteiger partial charge on any atom is -0.463 e. The number of esters is 1. The van der Waals surface area contributed by atoms with Gasteiger partial charge in [-0.25, -0.2) is 4.57 Å². The minimum atomic E-state index is -4.24. The number of unbranched alkanes of at least 4 members (excludes halogenated alkanes) is 15. The number of hydrogen-bond donors (Lipinski definition) is 3. The van der Waals surface area contributed by atoms with Crippen LogP contribution >= 0.6 is 7.82 Å². The number of rotatable bonds is 27. The van der Waals surface area contributed by atoms with Crippen molar-refractivity contribution >= 4 is 13.8 Å². The monoisotopic (exact) mass is 535 g/mol. The van der Waals surface area contributed by atoms with Gasteiger partial charge < -0.3 is 20.5 Å². The van der Waals surface area contributed by atoms with Gasteiger partial charge in [-0.3, -0.25) is 13.8 Å². The van der Waals surface area contributed by atoms with Crippen LogP contribution in [0.1, 0.15) is 122 Å². The van der Waals surface area contributed by atoms with Crippen LogP contribution in [0.2, 0.25) is 0 Å². The quantitative estimate of drug-likeness (QED) is 0.0466. The molecule has 0 aromatic carbocycles. The molecule has 2 atom stereocenters. The maximum Gasteiger partial charge on any atom is 0.472 e. The highest BCUT2D eigenvalue weighted by atomic mass is 31.2. The lowest BCUT2D eigenvalue weighted by Crippen LogP contribution is -2.23. The molecule has 0 aromatic rings. The van der Waals surface area contributed by atoms with Gasteiger partial charge in [0.2, 0.25) is 0 Å². The van der Waals surface area contributed by atoms with Gasteiger partial charge in [-0.2, -0.15) is 0 Å². The first-order chi connectivity index (χ1) is 17.4. The van der Waals surface area contributed by atoms with Gasteiger partial charge in [-0.1, -0.05) is 96.1 Å². The standard InChI is InChI=1S/C27H54NO7P/c1-2-3-4-5-6-7-8-9-10-11-12-13-14-15-16-17-18-19-20-21-27(30)33-24-26(29)25-35-36(31,32)34-23-22-28/h9-10,26,29H,2-8,11-25,28H2,1H3,(H,31,32)/b10-9+/t26-/m1/s1. The summed E-state index contributed by atoms with van der Waals surface area (Å²) in [5, 5.41) is 9.70. The molecule has 0 aliphatic rings. The molecule has 0 radical (unpaired) electrons. The summed E-state index contributed by atoms with van der Waals surface area (Å²) in [6, 6.07) is 0. The third kappa shape index (κ3) is 26.3. The second kappa shape index (κ2) is 25.9. The molecule has 0 fully saturated rings. The average Bonchev–Trinajstić information content (AvgIpc) is 2.86. The number of nitrogens with two attached hydrogens (primary N) is 1. The summed E-state index contributed by atoms with van der Waals surface area (Å²) in [7, 11) is -4.24. The highest BCUT2D eigenvalue weighted by Crippen LogP contribution is 2.42. The molecule has 0 aliphatic heterocycles. The van der Waals surface area contributed by atoms with Gasteiger partial charge in [0, 0.05) is 13.0 Å². The lowest BCUT2D eigenvalue weighted by molar-refractivity contribution is -0.147. The average molecular weight is 536 g/mol. The second-order valence-corrected chi connectivity index (χ2v) is 10.9. The number of hydrogen-bond acceptors (Lipinski definition) is 7. The molecular weight excluding hydrogens is 481 g/mol. The fraction of sp³-hybridized carbons (Fsp3) is 0.889. The van der Waals surface area contributed by atoms with Crippen LogP contribution in [0, 0.1) is 0 Å². The van der Waals surface area contributed by atoms with Crippen molar-refractivity contribution in [2.75, 3.05) is 26.4 Å². The Labute approximate surface area is 220 Å². The van der Waals surface area contributed by atoms with Gasteiger partial charge in [0.15, 0.2) is 0 Å². The summed E-state index contributed by atoms with van der Waals surface area (Å²) in [4.78, 5) is 21.1. The van der Waals surface area contributed by atoms with Crippen molar-refractivity contribution in [1.82, 2.24) is 0 Å². The van der Waals surface area contributed by atoms with E-state index in [-0.39, 0.29) is 25.7 Å². The molecule has 0 bridgehead atoms. The van der Waals surface area contributed by atoms with Crippen molar-refractivity contribution in [3.05, 3.63) is 12.2 Å². The van der Waals surface area contributed by atoms with Crippen molar-refractivity contribution in [2.45, 2.75) is 129 Å². The van der Waals surface area contributed by atoms with E-state index in [4.69, 9.17) is 10.5 Å². The van der Waals surface area contributed by atoms with Crippen molar-refractivity contribution in [3.8, 4) is 0 Å². The number of carbonyl (C=O) groups excluding carboxylic acids is 1. The van der Waals surface area contributed by atoms with Crippen molar-refractivity contribution in [2.24, 2.45) is 5.73 Å². The molecule has 0 aliphatic carbocycles. The van der Waals surface area contributed by atoms with E-state index in [1.54, 1.807) is 0 Å². The first kappa shape index (κ1) is 35.2. The van der Waals surface area contributed by atoms with Gasteiger partial charge in [0.1, 0.15) is 12.7 Å². The second-order valence-electron chi connectivity index (χ2n) is 9.47. The van der Waals surface area contributed by atoms with Gasteiger partial charge in [-0.05, 0) is 32.1 Å². The predicted octanol–water partition coefficient (Wildman–Crippen LogP) is 6.58. The zero-order valence-corrected chi connectivity index (χ0v) is 23.6. The van der Waals surface area contributed by atoms with Crippen molar-refractivity contribution < 1.29 is 33.1 Å². The molecule has 0 saturated heterocycles. The van der Waals surface area contributed by atoms with Gasteiger partial charge in [-0.15, -0.1) is 0 Å². The Hall–Kier alpha value is -0.760. The van der Waals surface area contributed by atoms with E-state index < -0.39 is 20.5 Å². The van der Waals surface area contributed by atoms with E-state index >= 15 is 0 Å². The summed E-state index contributed by atoms with van der Waals surface area (Å²) >= 11 is 0. The first-order valence-electron chi connectivity index (χ1n) is 14.2. The number of carbonyl (C=O) groups is 1. The van der Waals surface area contributed by atoms with E-state index in [1.807, 2.05) is 0 Å². The summed E-state index contributed by atoms with van der Waals surface area (Å²) in [5.74, 6) is -0.387. The molecule has 9 heteroatoms.